The van der Waals surface area contributed by atoms with Crippen LogP contribution in [0, 0.1) is 5.82 Å². The van der Waals surface area contributed by atoms with Crippen molar-refractivity contribution in [2.24, 2.45) is 0 Å². The molecule has 1 atom stereocenters. The van der Waals surface area contributed by atoms with Gasteiger partial charge in [0.25, 0.3) is 0 Å². The quantitative estimate of drug-likeness (QED) is 0.918. The fraction of sp³-hybridized carbons (Fsp3) is 0.294. The number of hydrogen-bond donors (Lipinski definition) is 1. The molecule has 0 aliphatic rings. The van der Waals surface area contributed by atoms with Crippen LogP contribution in [0.1, 0.15) is 18.1 Å². The average molecular weight is 290 g/mol. The zero-order chi connectivity index (χ0) is 15.5. The summed E-state index contributed by atoms with van der Waals surface area (Å²) >= 11 is 0. The first-order chi connectivity index (χ1) is 9.97. The largest absolute Gasteiger partial charge is 0.496 e. The van der Waals surface area contributed by atoms with E-state index in [4.69, 9.17) is 9.47 Å². The second kappa shape index (κ2) is 6.14. The van der Waals surface area contributed by atoms with Gasteiger partial charge in [-0.15, -0.1) is 0 Å². The summed E-state index contributed by atoms with van der Waals surface area (Å²) in [6.07, 6.45) is 0.251. The molecule has 0 bridgehead atoms. The standard InChI is InChI=1S/C17H19FO3/c1-17(19,11-12-6-4-7-13(18)10-12)16-14(20-2)8-5-9-15(16)21-3/h4-10,19H,11H2,1-3H3. The zero-order valence-corrected chi connectivity index (χ0v) is 12.4. The Morgan fingerprint density at radius 2 is 1.62 bits per heavy atom. The van der Waals surface area contributed by atoms with Gasteiger partial charge in [0.05, 0.1) is 25.4 Å². The van der Waals surface area contributed by atoms with E-state index < -0.39 is 5.60 Å². The maximum atomic E-state index is 13.3. The van der Waals surface area contributed by atoms with E-state index in [0.717, 1.165) is 0 Å². The molecule has 0 saturated carbocycles. The number of methoxy groups -OCH3 is 2. The molecule has 0 heterocycles. The minimum Gasteiger partial charge on any atom is -0.496 e. The van der Waals surface area contributed by atoms with Crippen LogP contribution in [-0.2, 0) is 12.0 Å². The fourth-order valence-corrected chi connectivity index (χ4v) is 2.51. The second-order valence-corrected chi connectivity index (χ2v) is 5.12. The van der Waals surface area contributed by atoms with Gasteiger partial charge in [0, 0.05) is 6.42 Å². The lowest BCUT2D eigenvalue weighted by Crippen LogP contribution is -2.26. The molecular formula is C17H19FO3. The Balaban J connectivity index is 2.43. The number of halogens is 1. The summed E-state index contributed by atoms with van der Waals surface area (Å²) in [4.78, 5) is 0. The third kappa shape index (κ3) is 3.34. The monoisotopic (exact) mass is 290 g/mol. The molecule has 0 spiro atoms. The molecule has 2 aromatic carbocycles. The molecule has 1 unspecified atom stereocenters. The maximum absolute atomic E-state index is 13.3. The lowest BCUT2D eigenvalue weighted by atomic mass is 9.87. The SMILES string of the molecule is COc1cccc(OC)c1C(C)(O)Cc1cccc(F)c1. The van der Waals surface area contributed by atoms with Gasteiger partial charge in [-0.1, -0.05) is 18.2 Å². The van der Waals surface area contributed by atoms with Crippen LogP contribution < -0.4 is 9.47 Å². The van der Waals surface area contributed by atoms with E-state index in [1.807, 2.05) is 0 Å². The molecule has 2 rings (SSSR count). The van der Waals surface area contributed by atoms with Crippen LogP contribution in [0.15, 0.2) is 42.5 Å². The molecule has 4 heteroatoms. The number of hydrogen-bond acceptors (Lipinski definition) is 3. The minimum absolute atomic E-state index is 0.251. The molecule has 0 amide bonds. The molecule has 0 aromatic heterocycles. The highest BCUT2D eigenvalue weighted by molar-refractivity contribution is 5.49. The lowest BCUT2D eigenvalue weighted by molar-refractivity contribution is 0.0521. The van der Waals surface area contributed by atoms with E-state index in [1.165, 1.54) is 26.4 Å². The van der Waals surface area contributed by atoms with E-state index in [1.54, 1.807) is 37.3 Å². The molecule has 0 saturated heterocycles. The molecule has 112 valence electrons. The van der Waals surface area contributed by atoms with Gasteiger partial charge in [-0.2, -0.15) is 0 Å². The summed E-state index contributed by atoms with van der Waals surface area (Å²) in [5, 5.41) is 10.9. The molecule has 2 aromatic rings. The van der Waals surface area contributed by atoms with Gasteiger partial charge in [-0.25, -0.2) is 4.39 Å². The zero-order valence-electron chi connectivity index (χ0n) is 12.4. The fourth-order valence-electron chi connectivity index (χ4n) is 2.51. The third-order valence-electron chi connectivity index (χ3n) is 3.40. The first-order valence-corrected chi connectivity index (χ1v) is 6.66. The molecule has 3 nitrogen and oxygen atoms in total. The lowest BCUT2D eigenvalue weighted by Gasteiger charge is -2.27. The van der Waals surface area contributed by atoms with Crippen molar-refractivity contribution in [3.63, 3.8) is 0 Å². The Morgan fingerprint density at radius 1 is 1.05 bits per heavy atom. The van der Waals surface area contributed by atoms with E-state index in [9.17, 15) is 9.50 Å². The van der Waals surface area contributed by atoms with Gasteiger partial charge in [0.15, 0.2) is 0 Å². The Hall–Kier alpha value is -2.07. The van der Waals surface area contributed by atoms with Crippen LogP contribution in [0.5, 0.6) is 11.5 Å². The minimum atomic E-state index is -1.24. The van der Waals surface area contributed by atoms with Gasteiger partial charge in [-0.05, 0) is 36.8 Å². The smallest absolute Gasteiger partial charge is 0.128 e. The van der Waals surface area contributed by atoms with E-state index >= 15 is 0 Å². The summed E-state index contributed by atoms with van der Waals surface area (Å²) < 4.78 is 23.9. The third-order valence-corrected chi connectivity index (χ3v) is 3.40. The van der Waals surface area contributed by atoms with Crippen LogP contribution in [0.4, 0.5) is 4.39 Å². The predicted molar refractivity (Wildman–Crippen MR) is 79.2 cm³/mol. The van der Waals surface area contributed by atoms with Crippen molar-refractivity contribution in [1.29, 1.82) is 0 Å². The Morgan fingerprint density at radius 3 is 2.14 bits per heavy atom. The van der Waals surface area contributed by atoms with E-state index in [2.05, 4.69) is 0 Å². The van der Waals surface area contributed by atoms with Crippen LogP contribution in [0.25, 0.3) is 0 Å². The van der Waals surface area contributed by atoms with Gasteiger partial charge in [0.2, 0.25) is 0 Å². The summed E-state index contributed by atoms with van der Waals surface area (Å²) in [6, 6.07) is 11.5. The molecular weight excluding hydrogens is 271 g/mol. The van der Waals surface area contributed by atoms with E-state index in [-0.39, 0.29) is 12.2 Å². The number of benzene rings is 2. The number of aliphatic hydroxyl groups is 1. The molecule has 0 aliphatic heterocycles. The van der Waals surface area contributed by atoms with Crippen LogP contribution in [0.2, 0.25) is 0 Å². The summed E-state index contributed by atoms with van der Waals surface area (Å²) in [7, 11) is 3.08. The molecule has 0 radical (unpaired) electrons. The van der Waals surface area contributed by atoms with Crippen molar-refractivity contribution in [3.8, 4) is 11.5 Å². The highest BCUT2D eigenvalue weighted by atomic mass is 19.1. The summed E-state index contributed by atoms with van der Waals surface area (Å²) in [6.45, 7) is 1.66. The normalized spacial score (nSPS) is 13.6. The van der Waals surface area contributed by atoms with Crippen LogP contribution in [-0.4, -0.2) is 19.3 Å². The Labute approximate surface area is 124 Å². The number of rotatable bonds is 5. The van der Waals surface area contributed by atoms with E-state index in [0.29, 0.717) is 22.6 Å². The molecule has 21 heavy (non-hydrogen) atoms. The van der Waals surface area contributed by atoms with Crippen molar-refractivity contribution >= 4 is 0 Å². The van der Waals surface area contributed by atoms with Gasteiger partial charge < -0.3 is 14.6 Å². The Kier molecular flexibility index (Phi) is 4.48. The van der Waals surface area contributed by atoms with Crippen molar-refractivity contribution in [2.75, 3.05) is 14.2 Å². The highest BCUT2D eigenvalue weighted by Gasteiger charge is 2.31. The van der Waals surface area contributed by atoms with Gasteiger partial charge >= 0.3 is 0 Å². The van der Waals surface area contributed by atoms with Crippen molar-refractivity contribution < 1.29 is 19.0 Å². The van der Waals surface area contributed by atoms with Crippen molar-refractivity contribution in [3.05, 3.63) is 59.4 Å². The maximum Gasteiger partial charge on any atom is 0.128 e. The molecule has 0 fully saturated rings. The predicted octanol–water partition coefficient (Wildman–Crippen LogP) is 3.29. The Bertz CT molecular complexity index is 601. The summed E-state index contributed by atoms with van der Waals surface area (Å²) in [5.41, 5.74) is 0.0124. The topological polar surface area (TPSA) is 38.7 Å². The number of ether oxygens (including phenoxy) is 2. The van der Waals surface area contributed by atoms with Crippen LogP contribution >= 0.6 is 0 Å². The first-order valence-electron chi connectivity index (χ1n) is 6.66. The summed E-state index contributed by atoms with van der Waals surface area (Å²) in [5.74, 6) is 0.752. The van der Waals surface area contributed by atoms with Gasteiger partial charge in [-0.3, -0.25) is 0 Å². The van der Waals surface area contributed by atoms with Crippen LogP contribution in [0.3, 0.4) is 0 Å². The molecule has 1 N–H and O–H groups in total. The second-order valence-electron chi connectivity index (χ2n) is 5.12. The van der Waals surface area contributed by atoms with Crippen molar-refractivity contribution in [2.45, 2.75) is 18.9 Å². The first kappa shape index (κ1) is 15.3. The highest BCUT2D eigenvalue weighted by Crippen LogP contribution is 2.39. The average Bonchev–Trinajstić information content (AvgIpc) is 2.45. The van der Waals surface area contributed by atoms with Gasteiger partial charge in [0.1, 0.15) is 17.3 Å². The van der Waals surface area contributed by atoms with Crippen molar-refractivity contribution in [1.82, 2.24) is 0 Å². The molecule has 0 aliphatic carbocycles.